The second-order valence-corrected chi connectivity index (χ2v) is 10.3. The Kier molecular flexibility index (Phi) is 10.7. The van der Waals surface area contributed by atoms with Crippen LogP contribution in [0.2, 0.25) is 0 Å². The normalized spacial score (nSPS) is 11.5. The molecule has 39 heavy (non-hydrogen) atoms. The smallest absolute Gasteiger partial charge is 0.306 e. The SMILES string of the molecule is [C-]#[N+]c1cccc(COc2ccc(CCC(=O)OCC)c(C(=O)NC(CC(C)C)c3cc(C)cc(C)c3)c2)c1. The number of esters is 1. The quantitative estimate of drug-likeness (QED) is 0.197. The molecule has 1 amide bonds. The molecule has 0 spiro atoms. The molecule has 3 aromatic carbocycles. The maximum atomic E-state index is 13.8. The van der Waals surface area contributed by atoms with E-state index >= 15 is 0 Å². The van der Waals surface area contributed by atoms with Gasteiger partial charge in [0, 0.05) is 12.0 Å². The van der Waals surface area contributed by atoms with Crippen LogP contribution in [0.1, 0.15) is 77.8 Å². The minimum Gasteiger partial charge on any atom is -0.489 e. The van der Waals surface area contributed by atoms with E-state index in [1.54, 1.807) is 25.1 Å². The lowest BCUT2D eigenvalue weighted by atomic mass is 9.93. The lowest BCUT2D eigenvalue weighted by molar-refractivity contribution is -0.143. The molecule has 0 heterocycles. The van der Waals surface area contributed by atoms with Gasteiger partial charge in [-0.25, -0.2) is 4.85 Å². The van der Waals surface area contributed by atoms with E-state index in [-0.39, 0.29) is 30.9 Å². The Labute approximate surface area is 232 Å². The van der Waals surface area contributed by atoms with E-state index in [4.69, 9.17) is 16.0 Å². The first kappa shape index (κ1) is 29.4. The van der Waals surface area contributed by atoms with Crippen molar-refractivity contribution in [2.75, 3.05) is 6.61 Å². The summed E-state index contributed by atoms with van der Waals surface area (Å²) in [7, 11) is 0. The molecule has 3 rings (SSSR count). The van der Waals surface area contributed by atoms with Crippen LogP contribution in [0.25, 0.3) is 4.85 Å². The third kappa shape index (κ3) is 9.00. The Morgan fingerprint density at radius 1 is 1.00 bits per heavy atom. The standard InChI is InChI=1S/C33H38N2O4/c1-7-38-32(36)14-12-26-11-13-29(39-21-25-9-8-10-28(19-25)34-6)20-30(26)33(37)35-31(15-22(2)3)27-17-23(4)16-24(5)18-27/h8-11,13,16-20,22,31H,7,12,14-15,21H2,1-5H3,(H,35,37). The van der Waals surface area contributed by atoms with Gasteiger partial charge < -0.3 is 14.8 Å². The van der Waals surface area contributed by atoms with Crippen molar-refractivity contribution < 1.29 is 19.1 Å². The number of nitrogens with zero attached hydrogens (tertiary/aromatic N) is 1. The van der Waals surface area contributed by atoms with Gasteiger partial charge in [-0.05, 0) is 74.4 Å². The number of ether oxygens (including phenoxy) is 2. The third-order valence-electron chi connectivity index (χ3n) is 6.33. The molecule has 6 nitrogen and oxygen atoms in total. The van der Waals surface area contributed by atoms with Crippen LogP contribution in [0, 0.1) is 26.3 Å². The van der Waals surface area contributed by atoms with Crippen LogP contribution >= 0.6 is 0 Å². The number of hydrogen-bond donors (Lipinski definition) is 1. The molecule has 0 aromatic heterocycles. The minimum atomic E-state index is -0.295. The molecule has 0 aliphatic heterocycles. The molecule has 0 fully saturated rings. The van der Waals surface area contributed by atoms with Crippen LogP contribution in [-0.4, -0.2) is 18.5 Å². The second kappa shape index (κ2) is 14.2. The van der Waals surface area contributed by atoms with E-state index in [1.165, 1.54) is 0 Å². The summed E-state index contributed by atoms with van der Waals surface area (Å²) in [5.74, 6) is 0.413. The number of aryl methyl sites for hydroxylation is 3. The first-order valence-corrected chi connectivity index (χ1v) is 13.4. The van der Waals surface area contributed by atoms with Crippen molar-refractivity contribution in [1.29, 1.82) is 0 Å². The second-order valence-electron chi connectivity index (χ2n) is 10.3. The van der Waals surface area contributed by atoms with E-state index in [1.807, 2.05) is 24.3 Å². The summed E-state index contributed by atoms with van der Waals surface area (Å²) in [5.41, 5.74) is 6.04. The summed E-state index contributed by atoms with van der Waals surface area (Å²) in [4.78, 5) is 29.3. The highest BCUT2D eigenvalue weighted by Crippen LogP contribution is 2.26. The largest absolute Gasteiger partial charge is 0.489 e. The van der Waals surface area contributed by atoms with Gasteiger partial charge in [-0.3, -0.25) is 9.59 Å². The molecule has 0 aliphatic rings. The molecule has 3 aromatic rings. The number of rotatable bonds is 12. The predicted octanol–water partition coefficient (Wildman–Crippen LogP) is 7.45. The van der Waals surface area contributed by atoms with Crippen LogP contribution < -0.4 is 10.1 Å². The lowest BCUT2D eigenvalue weighted by Gasteiger charge is -2.23. The number of carbonyl (C=O) groups is 2. The number of benzene rings is 3. The van der Waals surface area contributed by atoms with Crippen molar-refractivity contribution in [3.63, 3.8) is 0 Å². The molecule has 1 unspecified atom stereocenters. The highest BCUT2D eigenvalue weighted by atomic mass is 16.5. The summed E-state index contributed by atoms with van der Waals surface area (Å²) < 4.78 is 11.1. The Bertz CT molecular complexity index is 1320. The molecule has 0 saturated heterocycles. The van der Waals surface area contributed by atoms with Gasteiger partial charge in [0.1, 0.15) is 12.4 Å². The van der Waals surface area contributed by atoms with E-state index in [0.717, 1.165) is 34.2 Å². The van der Waals surface area contributed by atoms with Crippen LogP contribution in [0.5, 0.6) is 5.75 Å². The van der Waals surface area contributed by atoms with Crippen molar-refractivity contribution in [2.24, 2.45) is 5.92 Å². The number of hydrogen-bond acceptors (Lipinski definition) is 4. The van der Waals surface area contributed by atoms with Crippen molar-refractivity contribution in [1.82, 2.24) is 5.32 Å². The zero-order valence-corrected chi connectivity index (χ0v) is 23.5. The van der Waals surface area contributed by atoms with E-state index in [0.29, 0.717) is 35.9 Å². The minimum absolute atomic E-state index is 0.157. The van der Waals surface area contributed by atoms with Gasteiger partial charge in [-0.2, -0.15) is 0 Å². The van der Waals surface area contributed by atoms with E-state index < -0.39 is 0 Å². The molecule has 0 radical (unpaired) electrons. The monoisotopic (exact) mass is 526 g/mol. The summed E-state index contributed by atoms with van der Waals surface area (Å²) in [6.07, 6.45) is 1.36. The van der Waals surface area contributed by atoms with Gasteiger partial charge >= 0.3 is 5.97 Å². The number of carbonyl (C=O) groups excluding carboxylic acids is 2. The number of amides is 1. The maximum Gasteiger partial charge on any atom is 0.306 e. The van der Waals surface area contributed by atoms with Gasteiger partial charge in [0.2, 0.25) is 0 Å². The topological polar surface area (TPSA) is 69.0 Å². The molecular weight excluding hydrogens is 488 g/mol. The Balaban J connectivity index is 1.89. The highest BCUT2D eigenvalue weighted by Gasteiger charge is 2.21. The Morgan fingerprint density at radius 2 is 1.74 bits per heavy atom. The van der Waals surface area contributed by atoms with Gasteiger partial charge in [0.15, 0.2) is 5.69 Å². The molecule has 1 N–H and O–H groups in total. The maximum absolute atomic E-state index is 13.8. The summed E-state index contributed by atoms with van der Waals surface area (Å²) in [5, 5.41) is 3.26. The van der Waals surface area contributed by atoms with Crippen LogP contribution in [0.4, 0.5) is 5.69 Å². The molecule has 0 saturated carbocycles. The van der Waals surface area contributed by atoms with Crippen molar-refractivity contribution in [3.05, 3.63) is 105 Å². The first-order valence-electron chi connectivity index (χ1n) is 13.4. The zero-order chi connectivity index (χ0) is 28.4. The predicted molar refractivity (Wildman–Crippen MR) is 154 cm³/mol. The van der Waals surface area contributed by atoms with Crippen LogP contribution in [0.15, 0.2) is 60.7 Å². The Hall–Kier alpha value is -4.11. The fourth-order valence-corrected chi connectivity index (χ4v) is 4.62. The lowest BCUT2D eigenvalue weighted by Crippen LogP contribution is -2.30. The van der Waals surface area contributed by atoms with Crippen LogP contribution in [-0.2, 0) is 22.6 Å². The molecular formula is C33H38N2O4. The van der Waals surface area contributed by atoms with Crippen molar-refractivity contribution >= 4 is 17.6 Å². The number of nitrogens with one attached hydrogen (secondary N) is 1. The summed E-state index contributed by atoms with van der Waals surface area (Å²) in [6, 6.07) is 18.9. The summed E-state index contributed by atoms with van der Waals surface area (Å²) in [6.45, 7) is 18.0. The molecule has 1 atom stereocenters. The van der Waals surface area contributed by atoms with Crippen LogP contribution in [0.3, 0.4) is 0 Å². The fourth-order valence-electron chi connectivity index (χ4n) is 4.62. The van der Waals surface area contributed by atoms with E-state index in [2.05, 4.69) is 56.1 Å². The van der Waals surface area contributed by atoms with Crippen molar-refractivity contribution in [2.45, 2.75) is 66.5 Å². The third-order valence-corrected chi connectivity index (χ3v) is 6.33. The van der Waals surface area contributed by atoms with Gasteiger partial charge in [-0.15, -0.1) is 0 Å². The average Bonchev–Trinajstić information content (AvgIpc) is 2.90. The fraction of sp³-hybridized carbons (Fsp3) is 0.364. The summed E-state index contributed by atoms with van der Waals surface area (Å²) >= 11 is 0. The molecule has 0 aliphatic carbocycles. The highest BCUT2D eigenvalue weighted by molar-refractivity contribution is 5.96. The molecule has 6 heteroatoms. The van der Waals surface area contributed by atoms with Gasteiger partial charge in [-0.1, -0.05) is 67.4 Å². The van der Waals surface area contributed by atoms with Crippen molar-refractivity contribution in [3.8, 4) is 5.75 Å². The van der Waals surface area contributed by atoms with Gasteiger partial charge in [0.25, 0.3) is 5.91 Å². The van der Waals surface area contributed by atoms with E-state index in [9.17, 15) is 9.59 Å². The molecule has 204 valence electrons. The van der Waals surface area contributed by atoms with Gasteiger partial charge in [0.05, 0.1) is 19.2 Å². The zero-order valence-electron chi connectivity index (χ0n) is 23.5. The molecule has 0 bridgehead atoms. The average molecular weight is 527 g/mol. The Morgan fingerprint density at radius 3 is 2.41 bits per heavy atom. The first-order chi connectivity index (χ1) is 18.7.